The molecule has 0 bridgehead atoms. The molecule has 6 heteroatoms. The van der Waals surface area contributed by atoms with Crippen molar-refractivity contribution >= 4 is 5.97 Å². The molecule has 2 heterocycles. The Kier molecular flexibility index (Phi) is 1.72. The lowest BCUT2D eigenvalue weighted by Gasteiger charge is -2.14. The molecule has 0 spiro atoms. The molecule has 2 aliphatic heterocycles. The Hall–Kier alpha value is -0.690. The van der Waals surface area contributed by atoms with Crippen molar-refractivity contribution in [1.82, 2.24) is 0 Å². The molecule has 1 unspecified atom stereocenters. The van der Waals surface area contributed by atoms with E-state index in [1.54, 1.807) is 0 Å². The van der Waals surface area contributed by atoms with Crippen molar-refractivity contribution in [2.45, 2.75) is 30.7 Å². The number of esters is 1. The van der Waals surface area contributed by atoms with E-state index in [0.717, 1.165) is 0 Å². The summed E-state index contributed by atoms with van der Waals surface area (Å²) in [6.07, 6.45) is -5.33. The van der Waals surface area contributed by atoms with Crippen LogP contribution in [0.3, 0.4) is 0 Å². The van der Waals surface area contributed by atoms with E-state index >= 15 is 0 Å². The second-order valence-corrected chi connectivity index (χ2v) is 2.97. The molecule has 0 aromatic heterocycles. The van der Waals surface area contributed by atoms with Crippen LogP contribution in [0.1, 0.15) is 1.37 Å². The first-order chi connectivity index (χ1) is 6.65. The number of methoxy groups -OCH3 is 1. The Morgan fingerprint density at radius 2 is 2.31 bits per heavy atom. The monoisotopic (exact) mass is 191 g/mol. The highest BCUT2D eigenvalue weighted by molar-refractivity contribution is 5.78. The van der Waals surface area contributed by atoms with Crippen LogP contribution in [0.25, 0.3) is 0 Å². The molecule has 6 nitrogen and oxygen atoms in total. The molecule has 2 saturated heterocycles. The van der Waals surface area contributed by atoms with E-state index in [0.29, 0.717) is 0 Å². The fourth-order valence-electron chi connectivity index (χ4n) is 1.53. The van der Waals surface area contributed by atoms with Crippen LogP contribution in [0.5, 0.6) is 0 Å². The Bertz CT molecular complexity index is 246. The van der Waals surface area contributed by atoms with Gasteiger partial charge in [0, 0.05) is 7.09 Å². The fourth-order valence-corrected chi connectivity index (χ4v) is 1.53. The van der Waals surface area contributed by atoms with Crippen molar-refractivity contribution in [3.63, 3.8) is 0 Å². The lowest BCUT2D eigenvalue weighted by Crippen LogP contribution is -2.32. The van der Waals surface area contributed by atoms with Gasteiger partial charge in [-0.15, -0.1) is 0 Å². The molecule has 0 saturated carbocycles. The third-order valence-electron chi connectivity index (χ3n) is 2.20. The number of rotatable bonds is 1. The van der Waals surface area contributed by atoms with Crippen molar-refractivity contribution in [1.29, 1.82) is 0 Å². The second-order valence-electron chi connectivity index (χ2n) is 2.97. The van der Waals surface area contributed by atoms with Gasteiger partial charge in [-0.05, 0) is 0 Å². The van der Waals surface area contributed by atoms with Gasteiger partial charge in [-0.2, -0.15) is 0 Å². The van der Waals surface area contributed by atoms with Crippen LogP contribution in [0, 0.1) is 0 Å². The Balaban J connectivity index is 2.07. The number of aliphatic hydroxyl groups is 2. The smallest absolute Gasteiger partial charge is 0.338 e. The molecule has 2 aliphatic rings. The third kappa shape index (κ3) is 1.14. The van der Waals surface area contributed by atoms with Gasteiger partial charge in [0.25, 0.3) is 0 Å². The van der Waals surface area contributed by atoms with Crippen LogP contribution in [0.4, 0.5) is 0 Å². The molecule has 2 N–H and O–H groups in total. The van der Waals surface area contributed by atoms with Crippen molar-refractivity contribution < 1.29 is 30.6 Å². The molecule has 2 rings (SSSR count). The highest BCUT2D eigenvalue weighted by Gasteiger charge is 2.56. The van der Waals surface area contributed by atoms with Gasteiger partial charge in [-0.25, -0.2) is 4.79 Å². The Labute approximate surface area is 75.4 Å². The molecule has 0 radical (unpaired) electrons. The van der Waals surface area contributed by atoms with E-state index in [9.17, 15) is 15.0 Å². The number of carbonyl (C=O) groups is 1. The lowest BCUT2D eigenvalue weighted by atomic mass is 10.1. The van der Waals surface area contributed by atoms with E-state index in [4.69, 9.17) is 10.8 Å². The van der Waals surface area contributed by atoms with Gasteiger partial charge in [0.05, 0.1) is 1.37 Å². The average Bonchev–Trinajstić information content (AvgIpc) is 2.59. The van der Waals surface area contributed by atoms with Gasteiger partial charge in [0.1, 0.15) is 12.2 Å². The lowest BCUT2D eigenvalue weighted by molar-refractivity contribution is -0.177. The highest BCUT2D eigenvalue weighted by Crippen LogP contribution is 2.31. The average molecular weight is 191 g/mol. The molecule has 5 atom stereocenters. The molecule has 2 fully saturated rings. The van der Waals surface area contributed by atoms with Crippen LogP contribution >= 0.6 is 0 Å². The topological polar surface area (TPSA) is 85.2 Å². The number of hydrogen-bond donors (Lipinski definition) is 2. The molecular weight excluding hydrogens is 180 g/mol. The van der Waals surface area contributed by atoms with Crippen molar-refractivity contribution in [3.8, 4) is 0 Å². The maximum absolute atomic E-state index is 10.9. The largest absolute Gasteiger partial charge is 0.454 e. The van der Waals surface area contributed by atoms with Crippen molar-refractivity contribution in [3.05, 3.63) is 0 Å². The molecule has 13 heavy (non-hydrogen) atoms. The summed E-state index contributed by atoms with van der Waals surface area (Å²) in [6.45, 7) is 0. The maximum atomic E-state index is 10.9. The zero-order valence-corrected chi connectivity index (χ0v) is 6.62. The minimum atomic E-state index is -1.38. The first kappa shape index (κ1) is 7.69. The number of hydrogen-bond acceptors (Lipinski definition) is 6. The third-order valence-corrected chi connectivity index (χ3v) is 2.20. The van der Waals surface area contributed by atoms with Crippen LogP contribution in [-0.4, -0.2) is 54.0 Å². The van der Waals surface area contributed by atoms with Crippen molar-refractivity contribution in [2.24, 2.45) is 0 Å². The maximum Gasteiger partial charge on any atom is 0.338 e. The van der Waals surface area contributed by atoms with E-state index < -0.39 is 36.7 Å². The van der Waals surface area contributed by atoms with Gasteiger partial charge in [0.2, 0.25) is 0 Å². The van der Waals surface area contributed by atoms with Crippen molar-refractivity contribution in [2.75, 3.05) is 7.09 Å². The SMILES string of the molecule is [2H]COC1O[C@H]2[C@H](OC(=O)[C@H]2O)[C@H]1O. The van der Waals surface area contributed by atoms with Crippen LogP contribution in [0.2, 0.25) is 0 Å². The van der Waals surface area contributed by atoms with Gasteiger partial charge in [0.15, 0.2) is 18.5 Å². The minimum Gasteiger partial charge on any atom is -0.454 e. The van der Waals surface area contributed by atoms with Gasteiger partial charge < -0.3 is 24.4 Å². The molecular formula is C7H10O6. The normalized spacial score (nSPS) is 50.2. The summed E-state index contributed by atoms with van der Waals surface area (Å²) in [5.74, 6) is -0.802. The van der Waals surface area contributed by atoms with Crippen LogP contribution in [-0.2, 0) is 19.0 Å². The summed E-state index contributed by atoms with van der Waals surface area (Å²) < 4.78 is 21.2. The first-order valence-corrected chi connectivity index (χ1v) is 3.78. The zero-order valence-electron chi connectivity index (χ0n) is 7.62. The van der Waals surface area contributed by atoms with Gasteiger partial charge >= 0.3 is 5.97 Å². The molecule has 0 aromatic carbocycles. The highest BCUT2D eigenvalue weighted by atomic mass is 16.7. The van der Waals surface area contributed by atoms with Crippen LogP contribution < -0.4 is 0 Å². The van der Waals surface area contributed by atoms with Crippen LogP contribution in [0.15, 0.2) is 0 Å². The van der Waals surface area contributed by atoms with Gasteiger partial charge in [-0.1, -0.05) is 0 Å². The summed E-state index contributed by atoms with van der Waals surface area (Å²) >= 11 is 0. The predicted octanol–water partition coefficient (Wildman–Crippen LogP) is -2.00. The standard InChI is InChI=1S/C7H10O6/c1-11-7-3(9)5-4(13-7)2(8)6(10)12-5/h2-5,7-9H,1H3/t2-,3+,4+,5+,7?/m0/s1/i1D. The van der Waals surface area contributed by atoms with E-state index in [1.807, 2.05) is 0 Å². The van der Waals surface area contributed by atoms with E-state index in [2.05, 4.69) is 4.74 Å². The Morgan fingerprint density at radius 3 is 2.92 bits per heavy atom. The predicted molar refractivity (Wildman–Crippen MR) is 37.6 cm³/mol. The number of aliphatic hydroxyl groups excluding tert-OH is 2. The van der Waals surface area contributed by atoms with E-state index in [1.165, 1.54) is 0 Å². The first-order valence-electron chi connectivity index (χ1n) is 4.49. The fraction of sp³-hybridized carbons (Fsp3) is 0.857. The number of ether oxygens (including phenoxy) is 3. The summed E-state index contributed by atoms with van der Waals surface area (Å²) in [4.78, 5) is 10.9. The van der Waals surface area contributed by atoms with Gasteiger partial charge in [-0.3, -0.25) is 0 Å². The molecule has 0 aliphatic carbocycles. The number of carbonyl (C=O) groups excluding carboxylic acids is 1. The molecule has 0 amide bonds. The summed E-state index contributed by atoms with van der Waals surface area (Å²) in [5, 5.41) is 18.8. The Morgan fingerprint density at radius 1 is 1.54 bits per heavy atom. The summed E-state index contributed by atoms with van der Waals surface area (Å²) in [7, 11) is -0.370. The second kappa shape index (κ2) is 2.91. The van der Waals surface area contributed by atoms with E-state index in [-0.39, 0.29) is 7.09 Å². The molecule has 74 valence electrons. The quantitative estimate of drug-likeness (QED) is 0.466. The summed E-state index contributed by atoms with van der Waals surface area (Å²) in [6, 6.07) is 0. The summed E-state index contributed by atoms with van der Waals surface area (Å²) in [5.41, 5.74) is 0. The zero-order chi connectivity index (χ0) is 10.3. The minimum absolute atomic E-state index is 0.370. The number of fused-ring (bicyclic) bond motifs is 1. The molecule has 0 aromatic rings.